The van der Waals surface area contributed by atoms with Crippen LogP contribution in [-0.2, 0) is 5.41 Å². The molecule has 3 heterocycles. The molecule has 58 heavy (non-hydrogen) atoms. The van der Waals surface area contributed by atoms with Crippen molar-refractivity contribution < 1.29 is 0 Å². The first-order valence-electron chi connectivity index (χ1n) is 19.7. The Morgan fingerprint density at radius 1 is 0.448 bits per heavy atom. The van der Waals surface area contributed by atoms with Crippen molar-refractivity contribution in [3.05, 3.63) is 210 Å². The van der Waals surface area contributed by atoms with Crippen molar-refractivity contribution in [2.75, 3.05) is 0 Å². The van der Waals surface area contributed by atoms with Crippen LogP contribution in [0.3, 0.4) is 0 Å². The molecular formula is C53H31N5. The van der Waals surface area contributed by atoms with Gasteiger partial charge in [0.2, 0.25) is 5.95 Å². The molecule has 5 heteroatoms. The van der Waals surface area contributed by atoms with E-state index in [0.717, 1.165) is 66.0 Å². The summed E-state index contributed by atoms with van der Waals surface area (Å²) in [6, 6.07) is 64.7. The molecule has 0 saturated heterocycles. The molecule has 0 N–H and O–H groups in total. The molecule has 0 radical (unpaired) electrons. The first-order chi connectivity index (χ1) is 28.8. The molecule has 3 aromatic heterocycles. The minimum absolute atomic E-state index is 0.619. The van der Waals surface area contributed by atoms with E-state index in [0.29, 0.717) is 11.8 Å². The highest BCUT2D eigenvalue weighted by Gasteiger charge is 2.54. The van der Waals surface area contributed by atoms with Gasteiger partial charge in [0.05, 0.1) is 33.2 Å². The third-order valence-corrected chi connectivity index (χ3v) is 12.5. The fraction of sp³-hybridized carbons (Fsp3) is 0.0189. The summed E-state index contributed by atoms with van der Waals surface area (Å²) in [6.07, 6.45) is 2.07. The molecule has 2 aliphatic rings. The Bertz CT molecular complexity index is 3470. The van der Waals surface area contributed by atoms with Gasteiger partial charge < -0.3 is 0 Å². The van der Waals surface area contributed by atoms with Gasteiger partial charge in [0.1, 0.15) is 0 Å². The predicted molar refractivity (Wildman–Crippen MR) is 234 cm³/mol. The van der Waals surface area contributed by atoms with Crippen LogP contribution in [0.4, 0.5) is 0 Å². The molecule has 1 spiro atoms. The van der Waals surface area contributed by atoms with Gasteiger partial charge in [-0.3, -0.25) is 4.57 Å². The van der Waals surface area contributed by atoms with Gasteiger partial charge >= 0.3 is 0 Å². The Hall–Kier alpha value is -7.76. The van der Waals surface area contributed by atoms with E-state index in [1.807, 2.05) is 18.2 Å². The fourth-order valence-corrected chi connectivity index (χ4v) is 10.2. The summed E-state index contributed by atoms with van der Waals surface area (Å²) in [4.78, 5) is 21.7. The van der Waals surface area contributed by atoms with E-state index >= 15 is 0 Å². The maximum Gasteiger partial charge on any atom is 0.235 e. The molecule has 0 saturated carbocycles. The van der Waals surface area contributed by atoms with E-state index in [2.05, 4.69) is 175 Å². The summed E-state index contributed by atoms with van der Waals surface area (Å²) >= 11 is 0. The van der Waals surface area contributed by atoms with Crippen LogP contribution in [0.1, 0.15) is 22.3 Å². The molecule has 268 valence electrons. The van der Waals surface area contributed by atoms with Crippen molar-refractivity contribution >= 4 is 43.6 Å². The zero-order valence-electron chi connectivity index (χ0n) is 31.1. The standard InChI is InChI=1S/C53H31N5/c1-3-17-32(18-4-1)48-37-24-10-15-29-43(37)55-52(57-48)58-44-30-16-11-25-38(44)46-49-39(31-54-51(56-49)33-19-5-2-6-20-33)45-36-23-9-14-28-42(36)53(47(45)50(46)58)40-26-12-7-21-34(40)35-22-8-13-27-41(35)53/h1-31H. The highest BCUT2D eigenvalue weighted by atomic mass is 15.2. The molecule has 0 bridgehead atoms. The van der Waals surface area contributed by atoms with Crippen molar-refractivity contribution in [1.29, 1.82) is 0 Å². The third-order valence-electron chi connectivity index (χ3n) is 12.5. The van der Waals surface area contributed by atoms with Crippen LogP contribution >= 0.6 is 0 Å². The average molecular weight is 738 g/mol. The van der Waals surface area contributed by atoms with Gasteiger partial charge in [-0.2, -0.15) is 0 Å². The summed E-state index contributed by atoms with van der Waals surface area (Å²) in [5.41, 5.74) is 16.0. The van der Waals surface area contributed by atoms with E-state index in [4.69, 9.17) is 19.9 Å². The highest BCUT2D eigenvalue weighted by molar-refractivity contribution is 6.26. The molecule has 0 amide bonds. The first kappa shape index (κ1) is 31.4. The van der Waals surface area contributed by atoms with Gasteiger partial charge in [0.15, 0.2) is 5.82 Å². The van der Waals surface area contributed by atoms with Crippen LogP contribution in [0.15, 0.2) is 188 Å². The van der Waals surface area contributed by atoms with E-state index in [1.165, 1.54) is 38.9 Å². The number of hydrogen-bond donors (Lipinski definition) is 0. The zero-order valence-corrected chi connectivity index (χ0v) is 31.1. The smallest absolute Gasteiger partial charge is 0.235 e. The molecule has 11 aromatic rings. The number of hydrogen-bond acceptors (Lipinski definition) is 4. The molecular weight excluding hydrogens is 707 g/mol. The lowest BCUT2D eigenvalue weighted by atomic mass is 9.70. The van der Waals surface area contributed by atoms with Gasteiger partial charge in [0.25, 0.3) is 0 Å². The van der Waals surface area contributed by atoms with Crippen molar-refractivity contribution in [3.8, 4) is 50.8 Å². The van der Waals surface area contributed by atoms with Crippen molar-refractivity contribution in [1.82, 2.24) is 24.5 Å². The molecule has 0 aliphatic heterocycles. The van der Waals surface area contributed by atoms with E-state index < -0.39 is 5.41 Å². The minimum atomic E-state index is -0.644. The maximum absolute atomic E-state index is 5.56. The Morgan fingerprint density at radius 3 is 1.74 bits per heavy atom. The number of nitrogens with zero attached hydrogens (tertiary/aromatic N) is 5. The monoisotopic (exact) mass is 737 g/mol. The summed E-state index contributed by atoms with van der Waals surface area (Å²) in [5, 5.41) is 4.19. The van der Waals surface area contributed by atoms with E-state index in [1.54, 1.807) is 0 Å². The first-order valence-corrected chi connectivity index (χ1v) is 19.7. The van der Waals surface area contributed by atoms with Crippen LogP contribution in [0, 0.1) is 0 Å². The highest BCUT2D eigenvalue weighted by Crippen LogP contribution is 2.65. The molecule has 2 aliphatic carbocycles. The quantitative estimate of drug-likeness (QED) is 0.181. The summed E-state index contributed by atoms with van der Waals surface area (Å²) in [5.74, 6) is 1.31. The van der Waals surface area contributed by atoms with Gasteiger partial charge in [-0.15, -0.1) is 0 Å². The van der Waals surface area contributed by atoms with Crippen molar-refractivity contribution in [3.63, 3.8) is 0 Å². The zero-order chi connectivity index (χ0) is 38.0. The number of fused-ring (bicyclic) bond motifs is 18. The van der Waals surface area contributed by atoms with E-state index in [-0.39, 0.29) is 0 Å². The molecule has 13 rings (SSSR count). The lowest BCUT2D eigenvalue weighted by Crippen LogP contribution is -2.27. The molecule has 8 aromatic carbocycles. The number of benzene rings is 8. The van der Waals surface area contributed by atoms with Crippen LogP contribution in [-0.4, -0.2) is 24.5 Å². The summed E-state index contributed by atoms with van der Waals surface area (Å²) < 4.78 is 2.34. The van der Waals surface area contributed by atoms with Crippen LogP contribution in [0.2, 0.25) is 0 Å². The van der Waals surface area contributed by atoms with Gasteiger partial charge in [0, 0.05) is 44.4 Å². The van der Waals surface area contributed by atoms with Gasteiger partial charge in [-0.25, -0.2) is 19.9 Å². The average Bonchev–Trinajstić information content (AvgIpc) is 3.92. The van der Waals surface area contributed by atoms with Gasteiger partial charge in [-0.05, 0) is 51.1 Å². The lowest BCUT2D eigenvalue weighted by molar-refractivity contribution is 0.796. The second-order valence-electron chi connectivity index (χ2n) is 15.3. The summed E-state index contributed by atoms with van der Waals surface area (Å²) in [7, 11) is 0. The van der Waals surface area contributed by atoms with Crippen LogP contribution in [0.5, 0.6) is 0 Å². The fourth-order valence-electron chi connectivity index (χ4n) is 10.2. The van der Waals surface area contributed by atoms with Crippen LogP contribution < -0.4 is 0 Å². The van der Waals surface area contributed by atoms with Crippen molar-refractivity contribution in [2.45, 2.75) is 5.41 Å². The van der Waals surface area contributed by atoms with E-state index in [9.17, 15) is 0 Å². The van der Waals surface area contributed by atoms with Gasteiger partial charge in [-0.1, -0.05) is 170 Å². The van der Waals surface area contributed by atoms with Crippen molar-refractivity contribution in [2.24, 2.45) is 0 Å². The number of aromatic nitrogens is 5. The Morgan fingerprint density at radius 2 is 1.02 bits per heavy atom. The normalized spacial score (nSPS) is 13.3. The third kappa shape index (κ3) is 3.99. The summed E-state index contributed by atoms with van der Waals surface area (Å²) in [6.45, 7) is 0. The topological polar surface area (TPSA) is 56.5 Å². The lowest BCUT2D eigenvalue weighted by Gasteiger charge is -2.31. The number of para-hydroxylation sites is 2. The molecule has 5 nitrogen and oxygen atoms in total. The molecule has 0 atom stereocenters. The Labute approximate surface area is 333 Å². The molecule has 0 fully saturated rings. The van der Waals surface area contributed by atoms with Crippen LogP contribution in [0.25, 0.3) is 94.5 Å². The number of rotatable bonds is 3. The second-order valence-corrected chi connectivity index (χ2v) is 15.3. The largest absolute Gasteiger partial charge is 0.277 e. The minimum Gasteiger partial charge on any atom is -0.277 e. The SMILES string of the molecule is c1ccc(-c2ncc3c4c(c5c(c6ccccc6n5-c5nc(-c6ccccc6)c6ccccc6n5)c3n2)C2(c3ccccc3-c3ccccc32)c2ccccc2-4)cc1. The second kappa shape index (κ2) is 11.6. The Kier molecular flexibility index (Phi) is 6.31. The maximum atomic E-state index is 5.56. The Balaban J connectivity index is 1.30. The predicted octanol–water partition coefficient (Wildman–Crippen LogP) is 12.3. The molecule has 0 unspecified atom stereocenters.